The third-order valence-corrected chi connectivity index (χ3v) is 0.429. The fraction of sp³-hybridized carbons (Fsp3) is 0.250. The molecule has 0 amide bonds. The molecular weight excluding hydrogens is 133 g/mol. The molecule has 0 N–H and O–H groups in total. The second-order valence-electron chi connectivity index (χ2n) is 0.476. The number of nitrogens with zero attached hydrogens (tertiary/aromatic N) is 1. The highest BCUT2D eigenvalue weighted by molar-refractivity contribution is 6.33. The summed E-state index contributed by atoms with van der Waals surface area (Å²) in [6.07, 6.45) is 0. The molecule has 0 fully saturated rings. The van der Waals surface area contributed by atoms with Crippen molar-refractivity contribution in [2.45, 2.75) is 6.92 Å². The molecular formula is C4H5Cl2N. The molecule has 0 radical (unpaired) electrons. The van der Waals surface area contributed by atoms with E-state index in [0.29, 0.717) is 0 Å². The van der Waals surface area contributed by atoms with Crippen LogP contribution in [-0.4, -0.2) is 0 Å². The molecule has 3 heteroatoms. The Hall–Kier alpha value is -0.190. The van der Waals surface area contributed by atoms with Gasteiger partial charge in [0.25, 0.3) is 0 Å². The van der Waals surface area contributed by atoms with Crippen LogP contribution in [0.2, 0.25) is 0 Å². The summed E-state index contributed by atoms with van der Waals surface area (Å²) in [7, 11) is 0. The van der Waals surface area contributed by atoms with Crippen LogP contribution in [-0.2, 0) is 0 Å². The van der Waals surface area contributed by atoms with E-state index in [-0.39, 0.29) is 0 Å². The quantitative estimate of drug-likeness (QED) is 0.504. The largest absolute Gasteiger partial charge is 0.199 e. The van der Waals surface area contributed by atoms with Crippen molar-refractivity contribution in [2.75, 3.05) is 0 Å². The molecule has 0 aliphatic carbocycles. The highest BCUT2D eigenvalue weighted by Gasteiger charge is 1.40. The zero-order valence-corrected chi connectivity index (χ0v) is 5.37. The van der Waals surface area contributed by atoms with Crippen molar-refractivity contribution in [1.29, 1.82) is 5.26 Å². The maximum Gasteiger partial charge on any atom is 0.0587 e. The fourth-order valence-corrected chi connectivity index (χ4v) is 0. The number of rotatable bonds is 0. The van der Waals surface area contributed by atoms with E-state index in [2.05, 4.69) is 0 Å². The predicted octanol–water partition coefficient (Wildman–Crippen LogP) is 2.47. The van der Waals surface area contributed by atoms with Gasteiger partial charge in [-0.25, -0.2) is 0 Å². The molecule has 0 aliphatic rings. The second kappa shape index (κ2) is 17.0. The molecule has 0 aliphatic heterocycles. The molecule has 0 saturated heterocycles. The molecule has 0 saturated carbocycles. The molecule has 0 unspecified atom stereocenters. The van der Waals surface area contributed by atoms with Gasteiger partial charge in [0.05, 0.1) is 6.07 Å². The predicted molar refractivity (Wildman–Crippen MR) is 32.1 cm³/mol. The average molecular weight is 138 g/mol. The molecule has 1 nitrogen and oxygen atoms in total. The Morgan fingerprint density at radius 1 is 1.43 bits per heavy atom. The molecule has 0 aromatic heterocycles. The lowest BCUT2D eigenvalue weighted by atomic mass is 11.0. The third kappa shape index (κ3) is 129. The van der Waals surface area contributed by atoms with Crippen LogP contribution in [0.25, 0.3) is 0 Å². The van der Waals surface area contributed by atoms with Gasteiger partial charge in [-0.2, -0.15) is 5.26 Å². The number of halogens is 2. The van der Waals surface area contributed by atoms with Gasteiger partial charge >= 0.3 is 0 Å². The van der Waals surface area contributed by atoms with Crippen molar-refractivity contribution >= 4 is 23.2 Å². The Labute approximate surface area is 53.1 Å². The number of hydrogen-bond acceptors (Lipinski definition) is 1. The average Bonchev–Trinajstić information content (AvgIpc) is 1.69. The minimum absolute atomic E-state index is 1.24. The van der Waals surface area contributed by atoms with Gasteiger partial charge in [0, 0.05) is 18.0 Å². The molecule has 7 heavy (non-hydrogen) atoms. The van der Waals surface area contributed by atoms with Crippen LogP contribution in [0.15, 0.2) is 11.1 Å². The van der Waals surface area contributed by atoms with E-state index in [9.17, 15) is 0 Å². The van der Waals surface area contributed by atoms with Crippen molar-refractivity contribution < 1.29 is 0 Å². The Kier molecular flexibility index (Phi) is 24.2. The normalized spacial score (nSPS) is 6.57. The van der Waals surface area contributed by atoms with Crippen molar-refractivity contribution in [3.05, 3.63) is 11.1 Å². The summed E-state index contributed by atoms with van der Waals surface area (Å²) in [5.41, 5.74) is 2.48. The molecule has 0 aromatic rings. The molecule has 0 spiro atoms. The smallest absolute Gasteiger partial charge is 0.0587 e. The van der Waals surface area contributed by atoms with Crippen LogP contribution < -0.4 is 0 Å². The Morgan fingerprint density at radius 2 is 1.57 bits per heavy atom. The summed E-state index contributed by atoms with van der Waals surface area (Å²) >= 11 is 9.75. The van der Waals surface area contributed by atoms with Gasteiger partial charge < -0.3 is 0 Å². The lowest BCUT2D eigenvalue weighted by Crippen LogP contribution is -1.11. The van der Waals surface area contributed by atoms with Crippen LogP contribution in [0, 0.1) is 11.3 Å². The summed E-state index contributed by atoms with van der Waals surface area (Å²) < 4.78 is 0. The summed E-state index contributed by atoms with van der Waals surface area (Å²) in [5, 5.41) is 7.32. The Morgan fingerprint density at radius 3 is 1.57 bits per heavy atom. The highest BCUT2D eigenvalue weighted by atomic mass is 35.5. The van der Waals surface area contributed by atoms with Gasteiger partial charge in [-0.3, -0.25) is 0 Å². The van der Waals surface area contributed by atoms with Crippen LogP contribution >= 0.6 is 23.2 Å². The zero-order valence-electron chi connectivity index (χ0n) is 3.86. The lowest BCUT2D eigenvalue weighted by Gasteiger charge is -1.44. The van der Waals surface area contributed by atoms with Gasteiger partial charge in [-0.15, -0.1) is 0 Å². The minimum atomic E-state index is 1.24. The summed E-state index contributed by atoms with van der Waals surface area (Å²) in [4.78, 5) is 0. The van der Waals surface area contributed by atoms with Gasteiger partial charge in [-0.05, 0) is 0 Å². The monoisotopic (exact) mass is 137 g/mol. The van der Waals surface area contributed by atoms with Gasteiger partial charge in [0.15, 0.2) is 0 Å². The van der Waals surface area contributed by atoms with Crippen LogP contribution in [0.4, 0.5) is 0 Å². The number of nitriles is 1. The van der Waals surface area contributed by atoms with Crippen LogP contribution in [0.5, 0.6) is 0 Å². The molecule has 0 heterocycles. The molecule has 0 aromatic carbocycles. The molecule has 0 rings (SSSR count). The van der Waals surface area contributed by atoms with E-state index >= 15 is 0 Å². The SMILES string of the molecule is CC#N.Cl/C=C/Cl. The summed E-state index contributed by atoms with van der Waals surface area (Å²) in [6.45, 7) is 1.43. The summed E-state index contributed by atoms with van der Waals surface area (Å²) in [5.74, 6) is 0. The first-order valence-electron chi connectivity index (χ1n) is 1.49. The highest BCUT2D eigenvalue weighted by Crippen LogP contribution is 1.78. The van der Waals surface area contributed by atoms with E-state index in [1.807, 2.05) is 0 Å². The second-order valence-corrected chi connectivity index (χ2v) is 0.980. The number of hydrogen-bond donors (Lipinski definition) is 0. The van der Waals surface area contributed by atoms with Gasteiger partial charge in [0.2, 0.25) is 0 Å². The zero-order chi connectivity index (χ0) is 6.12. The van der Waals surface area contributed by atoms with E-state index < -0.39 is 0 Å². The molecule has 0 bridgehead atoms. The topological polar surface area (TPSA) is 23.8 Å². The van der Waals surface area contributed by atoms with Crippen LogP contribution in [0.1, 0.15) is 6.92 Å². The van der Waals surface area contributed by atoms with Crippen LogP contribution in [0.3, 0.4) is 0 Å². The van der Waals surface area contributed by atoms with Crippen molar-refractivity contribution in [2.24, 2.45) is 0 Å². The van der Waals surface area contributed by atoms with Crippen molar-refractivity contribution in [3.63, 3.8) is 0 Å². The van der Waals surface area contributed by atoms with E-state index in [1.54, 1.807) is 6.07 Å². The van der Waals surface area contributed by atoms with Crippen molar-refractivity contribution in [3.8, 4) is 6.07 Å². The molecule has 40 valence electrons. The van der Waals surface area contributed by atoms with Gasteiger partial charge in [-0.1, -0.05) is 23.2 Å². The van der Waals surface area contributed by atoms with E-state index in [4.69, 9.17) is 28.5 Å². The first kappa shape index (κ1) is 9.94. The standard InChI is InChI=1S/C2H2Cl2.C2H3N/c3-1-2-4;1-2-3/h1-2H;1H3/b2-1+;. The summed E-state index contributed by atoms with van der Waals surface area (Å²) in [6, 6.07) is 1.75. The first-order valence-corrected chi connectivity index (χ1v) is 2.37. The Balaban J connectivity index is 0. The maximum atomic E-state index is 7.32. The lowest BCUT2D eigenvalue weighted by molar-refractivity contribution is 1.49. The van der Waals surface area contributed by atoms with Gasteiger partial charge in [0.1, 0.15) is 0 Å². The maximum absolute atomic E-state index is 7.32. The van der Waals surface area contributed by atoms with Crippen molar-refractivity contribution in [1.82, 2.24) is 0 Å². The van der Waals surface area contributed by atoms with E-state index in [0.717, 1.165) is 0 Å². The first-order chi connectivity index (χ1) is 3.33. The third-order valence-electron chi connectivity index (χ3n) is 0.0476. The Bertz CT molecular complexity index is 68.2. The van der Waals surface area contributed by atoms with E-state index in [1.165, 1.54) is 18.0 Å². The fourth-order valence-electron chi connectivity index (χ4n) is 0. The molecule has 0 atom stereocenters. The minimum Gasteiger partial charge on any atom is -0.199 e.